The number of rotatable bonds is 6. The number of aryl methyl sites for hydroxylation is 1. The molecular formula is C24H23N3O6. The third kappa shape index (κ3) is 5.09. The average Bonchev–Trinajstić information content (AvgIpc) is 3.23. The van der Waals surface area contributed by atoms with Crippen LogP contribution in [0.3, 0.4) is 0 Å². The second kappa shape index (κ2) is 9.66. The van der Waals surface area contributed by atoms with Gasteiger partial charge in [0.05, 0.1) is 11.6 Å². The Morgan fingerprint density at radius 2 is 1.70 bits per heavy atom. The van der Waals surface area contributed by atoms with E-state index in [0.717, 1.165) is 0 Å². The van der Waals surface area contributed by atoms with E-state index in [9.17, 15) is 19.2 Å². The summed E-state index contributed by atoms with van der Waals surface area (Å²) in [6.07, 6.45) is 0.210. The predicted molar refractivity (Wildman–Crippen MR) is 119 cm³/mol. The summed E-state index contributed by atoms with van der Waals surface area (Å²) < 4.78 is 12.7. The summed E-state index contributed by atoms with van der Waals surface area (Å²) in [6, 6.07) is 16.7. The van der Waals surface area contributed by atoms with Crippen LogP contribution in [0.25, 0.3) is 0 Å². The third-order valence-corrected chi connectivity index (χ3v) is 5.43. The van der Waals surface area contributed by atoms with Crippen LogP contribution in [0.1, 0.15) is 38.9 Å². The van der Waals surface area contributed by atoms with E-state index >= 15 is 0 Å². The van der Waals surface area contributed by atoms with Crippen molar-refractivity contribution in [3.05, 3.63) is 104 Å². The quantitative estimate of drug-likeness (QED) is 0.554. The van der Waals surface area contributed by atoms with Crippen LogP contribution in [-0.2, 0) is 9.47 Å². The van der Waals surface area contributed by atoms with E-state index in [0.29, 0.717) is 16.7 Å². The van der Waals surface area contributed by atoms with Gasteiger partial charge in [0.1, 0.15) is 18.9 Å². The zero-order valence-electron chi connectivity index (χ0n) is 17.9. The molecular weight excluding hydrogens is 426 g/mol. The number of amides is 1. The number of aromatic nitrogens is 2. The maximum atomic E-state index is 12.7. The van der Waals surface area contributed by atoms with Crippen molar-refractivity contribution < 1.29 is 19.1 Å². The first-order valence-corrected chi connectivity index (χ1v) is 10.5. The number of nitrogens with zero attached hydrogens (tertiary/aromatic N) is 1. The molecule has 3 unspecified atom stereocenters. The van der Waals surface area contributed by atoms with E-state index in [4.69, 9.17) is 9.47 Å². The number of ether oxygens (including phenoxy) is 2. The van der Waals surface area contributed by atoms with Crippen molar-refractivity contribution in [1.29, 1.82) is 0 Å². The Labute approximate surface area is 189 Å². The molecule has 9 heteroatoms. The Hall–Kier alpha value is -3.98. The Balaban J connectivity index is 1.53. The van der Waals surface area contributed by atoms with E-state index in [2.05, 4.69) is 10.3 Å². The van der Waals surface area contributed by atoms with Gasteiger partial charge in [-0.05, 0) is 31.2 Å². The molecule has 0 bridgehead atoms. The first kappa shape index (κ1) is 22.2. The predicted octanol–water partition coefficient (Wildman–Crippen LogP) is 1.79. The molecule has 2 N–H and O–H groups in total. The molecule has 3 aromatic rings. The average molecular weight is 449 g/mol. The first-order chi connectivity index (χ1) is 15.9. The maximum Gasteiger partial charge on any atom is 0.338 e. The van der Waals surface area contributed by atoms with Gasteiger partial charge >= 0.3 is 11.7 Å². The molecule has 33 heavy (non-hydrogen) atoms. The van der Waals surface area contributed by atoms with Gasteiger partial charge in [-0.25, -0.2) is 9.59 Å². The van der Waals surface area contributed by atoms with Crippen LogP contribution >= 0.6 is 0 Å². The second-order valence-electron chi connectivity index (χ2n) is 7.75. The highest BCUT2D eigenvalue weighted by Crippen LogP contribution is 2.28. The van der Waals surface area contributed by atoms with Crippen LogP contribution in [0, 0.1) is 6.92 Å². The van der Waals surface area contributed by atoms with Crippen LogP contribution < -0.4 is 16.6 Å². The number of H-pyrrole nitrogens is 1. The number of hydrogen-bond acceptors (Lipinski definition) is 6. The lowest BCUT2D eigenvalue weighted by molar-refractivity contribution is -0.0377. The SMILES string of the molecule is Cc1cn(C2CC(NC(=O)c3ccccc3)C(COC(=O)c3ccccc3)O2)c(=O)[nH]c1=O. The molecule has 0 spiro atoms. The Morgan fingerprint density at radius 3 is 2.36 bits per heavy atom. The minimum Gasteiger partial charge on any atom is -0.459 e. The fraction of sp³-hybridized carbons (Fsp3) is 0.250. The molecule has 0 aliphatic carbocycles. The van der Waals surface area contributed by atoms with Gasteiger partial charge in [0.25, 0.3) is 11.5 Å². The first-order valence-electron chi connectivity index (χ1n) is 10.5. The Bertz CT molecular complexity index is 1250. The summed E-state index contributed by atoms with van der Waals surface area (Å²) in [4.78, 5) is 51.4. The topological polar surface area (TPSA) is 119 Å². The van der Waals surface area contributed by atoms with Gasteiger partial charge in [-0.3, -0.25) is 19.1 Å². The van der Waals surface area contributed by atoms with Crippen molar-refractivity contribution in [2.75, 3.05) is 6.61 Å². The van der Waals surface area contributed by atoms with Gasteiger partial charge in [0, 0.05) is 23.7 Å². The number of carbonyl (C=O) groups is 2. The molecule has 2 heterocycles. The smallest absolute Gasteiger partial charge is 0.338 e. The third-order valence-electron chi connectivity index (χ3n) is 5.43. The van der Waals surface area contributed by atoms with E-state index in [-0.39, 0.29) is 18.9 Å². The van der Waals surface area contributed by atoms with Crippen molar-refractivity contribution in [3.63, 3.8) is 0 Å². The van der Waals surface area contributed by atoms with Crippen LogP contribution in [0.15, 0.2) is 76.4 Å². The normalized spacial score (nSPS) is 19.7. The molecule has 0 saturated carbocycles. The van der Waals surface area contributed by atoms with Crippen LogP contribution in [0.2, 0.25) is 0 Å². The Morgan fingerprint density at radius 1 is 1.06 bits per heavy atom. The molecule has 1 aliphatic rings. The van der Waals surface area contributed by atoms with Gasteiger partial charge < -0.3 is 14.8 Å². The molecule has 1 amide bonds. The summed E-state index contributed by atoms with van der Waals surface area (Å²) in [5.74, 6) is -0.831. The molecule has 1 fully saturated rings. The molecule has 4 rings (SSSR count). The lowest BCUT2D eigenvalue weighted by Crippen LogP contribution is -2.42. The maximum absolute atomic E-state index is 12.7. The largest absolute Gasteiger partial charge is 0.459 e. The molecule has 3 atom stereocenters. The molecule has 1 aliphatic heterocycles. The van der Waals surface area contributed by atoms with Gasteiger partial charge in [0.2, 0.25) is 0 Å². The summed E-state index contributed by atoms with van der Waals surface area (Å²) >= 11 is 0. The fourth-order valence-electron chi connectivity index (χ4n) is 3.66. The molecule has 2 aromatic carbocycles. The lowest BCUT2D eigenvalue weighted by atomic mass is 10.1. The minimum absolute atomic E-state index is 0.124. The Kier molecular flexibility index (Phi) is 6.50. The zero-order chi connectivity index (χ0) is 23.4. The number of hydrogen-bond donors (Lipinski definition) is 2. The standard InChI is InChI=1S/C24H23N3O6/c1-15-13-27(24(31)26-21(15)28)20-12-18(25-22(29)16-8-4-2-5-9-16)19(33-20)14-32-23(30)17-10-6-3-7-11-17/h2-11,13,18-20H,12,14H2,1H3,(H,25,29)(H,26,28,31). The lowest BCUT2D eigenvalue weighted by Gasteiger charge is -2.19. The van der Waals surface area contributed by atoms with Crippen LogP contribution in [-0.4, -0.2) is 40.2 Å². The molecule has 1 saturated heterocycles. The van der Waals surface area contributed by atoms with Crippen molar-refractivity contribution in [2.45, 2.75) is 31.7 Å². The molecule has 1 aromatic heterocycles. The monoisotopic (exact) mass is 449 g/mol. The minimum atomic E-state index is -0.755. The van der Waals surface area contributed by atoms with Crippen LogP contribution in [0.5, 0.6) is 0 Å². The molecule has 0 radical (unpaired) electrons. The van der Waals surface area contributed by atoms with Crippen molar-refractivity contribution in [1.82, 2.24) is 14.9 Å². The second-order valence-corrected chi connectivity index (χ2v) is 7.75. The highest BCUT2D eigenvalue weighted by molar-refractivity contribution is 5.94. The summed E-state index contributed by atoms with van der Waals surface area (Å²) in [6.45, 7) is 1.46. The van der Waals surface area contributed by atoms with E-state index in [1.54, 1.807) is 61.5 Å². The van der Waals surface area contributed by atoms with E-state index in [1.165, 1.54) is 10.8 Å². The summed E-state index contributed by atoms with van der Waals surface area (Å²) in [5, 5.41) is 2.91. The van der Waals surface area contributed by atoms with Crippen molar-refractivity contribution in [2.24, 2.45) is 0 Å². The van der Waals surface area contributed by atoms with Crippen molar-refractivity contribution in [3.8, 4) is 0 Å². The summed E-state index contributed by atoms with van der Waals surface area (Å²) in [7, 11) is 0. The fourth-order valence-corrected chi connectivity index (χ4v) is 3.66. The highest BCUT2D eigenvalue weighted by Gasteiger charge is 2.38. The van der Waals surface area contributed by atoms with Gasteiger partial charge in [-0.2, -0.15) is 0 Å². The van der Waals surface area contributed by atoms with Crippen LogP contribution in [0.4, 0.5) is 0 Å². The zero-order valence-corrected chi connectivity index (χ0v) is 17.9. The number of nitrogens with one attached hydrogen (secondary N) is 2. The number of benzene rings is 2. The molecule has 170 valence electrons. The highest BCUT2D eigenvalue weighted by atomic mass is 16.6. The van der Waals surface area contributed by atoms with E-state index < -0.39 is 35.6 Å². The van der Waals surface area contributed by atoms with Crippen molar-refractivity contribution >= 4 is 11.9 Å². The number of carbonyl (C=O) groups excluding carboxylic acids is 2. The van der Waals surface area contributed by atoms with Gasteiger partial charge in [-0.1, -0.05) is 36.4 Å². The number of aromatic amines is 1. The summed E-state index contributed by atoms with van der Waals surface area (Å²) in [5.41, 5.74) is 0.117. The van der Waals surface area contributed by atoms with E-state index in [1.807, 2.05) is 6.07 Å². The number of esters is 1. The van der Waals surface area contributed by atoms with Gasteiger partial charge in [0.15, 0.2) is 0 Å². The molecule has 9 nitrogen and oxygen atoms in total. The van der Waals surface area contributed by atoms with Gasteiger partial charge in [-0.15, -0.1) is 0 Å².